The van der Waals surface area contributed by atoms with E-state index in [9.17, 15) is 9.59 Å². The van der Waals surface area contributed by atoms with Gasteiger partial charge < -0.3 is 10.2 Å². The third-order valence-electron chi connectivity index (χ3n) is 2.44. The average Bonchev–Trinajstić information content (AvgIpc) is 2.15. The molecule has 0 heterocycles. The van der Waals surface area contributed by atoms with E-state index in [4.69, 9.17) is 10.2 Å². The minimum absolute atomic E-state index is 0. The van der Waals surface area contributed by atoms with Crippen LogP contribution < -0.4 is 0 Å². The molecule has 0 fully saturated rings. The van der Waals surface area contributed by atoms with Gasteiger partial charge in [0.2, 0.25) is 0 Å². The lowest BCUT2D eigenvalue weighted by atomic mass is 10.0. The normalized spacial score (nSPS) is 9.29. The predicted molar refractivity (Wildman–Crippen MR) is 71.3 cm³/mol. The van der Waals surface area contributed by atoms with Gasteiger partial charge in [0, 0.05) is 0 Å². The molecule has 17 heavy (non-hydrogen) atoms. The number of rotatable bonds is 9. The van der Waals surface area contributed by atoms with Crippen LogP contribution in [0, 0.1) is 5.92 Å². The van der Waals surface area contributed by atoms with Crippen LogP contribution in [0.4, 0.5) is 0 Å². The van der Waals surface area contributed by atoms with E-state index in [0.717, 1.165) is 19.3 Å². The molecule has 0 bridgehead atoms. The van der Waals surface area contributed by atoms with Crippen molar-refractivity contribution in [2.75, 3.05) is 0 Å². The predicted octanol–water partition coefficient (Wildman–Crippen LogP) is 3.37. The zero-order chi connectivity index (χ0) is 11.7. The molecule has 104 valence electrons. The van der Waals surface area contributed by atoms with Gasteiger partial charge >= 0.3 is 11.9 Å². The molecule has 6 heteroatoms. The Labute approximate surface area is 115 Å². The molecule has 0 aromatic heterocycles. The highest BCUT2D eigenvalue weighted by atomic mass is 35.5. The lowest BCUT2D eigenvalue weighted by Crippen LogP contribution is -2.23. The number of carboxylic acids is 2. The van der Waals surface area contributed by atoms with Gasteiger partial charge in [0.15, 0.2) is 5.92 Å². The highest BCUT2D eigenvalue weighted by Crippen LogP contribution is 2.12. The van der Waals surface area contributed by atoms with Gasteiger partial charge in [-0.05, 0) is 6.42 Å². The molecule has 0 aliphatic carbocycles. The molecule has 0 spiro atoms. The Morgan fingerprint density at radius 2 is 1.29 bits per heavy atom. The summed E-state index contributed by atoms with van der Waals surface area (Å²) in [5.41, 5.74) is 0. The van der Waals surface area contributed by atoms with Gasteiger partial charge in [-0.2, -0.15) is 0 Å². The SMILES string of the molecule is CCCCCCCCC(C(=O)O)C(=O)O.Cl.Cl. The lowest BCUT2D eigenvalue weighted by molar-refractivity contribution is -0.154. The maximum atomic E-state index is 10.5. The fraction of sp³-hybridized carbons (Fsp3) is 0.818. The van der Waals surface area contributed by atoms with Gasteiger partial charge in [0.05, 0.1) is 0 Å². The molecule has 0 aromatic rings. The third kappa shape index (κ3) is 11.8. The number of carboxylic acid groups (broad SMARTS) is 2. The van der Waals surface area contributed by atoms with E-state index in [2.05, 4.69) is 6.92 Å². The second-order valence-electron chi connectivity index (χ2n) is 3.79. The van der Waals surface area contributed by atoms with Crippen LogP contribution in [0.25, 0.3) is 0 Å². The molecule has 0 saturated heterocycles. The first-order valence-corrected chi connectivity index (χ1v) is 5.55. The van der Waals surface area contributed by atoms with E-state index in [1.54, 1.807) is 0 Å². The van der Waals surface area contributed by atoms with Gasteiger partial charge in [-0.3, -0.25) is 9.59 Å². The summed E-state index contributed by atoms with van der Waals surface area (Å²) in [6.45, 7) is 2.13. The maximum absolute atomic E-state index is 10.5. The van der Waals surface area contributed by atoms with Crippen LogP contribution in [0.2, 0.25) is 0 Å². The molecule has 0 rings (SSSR count). The molecule has 4 nitrogen and oxygen atoms in total. The van der Waals surface area contributed by atoms with Crippen molar-refractivity contribution in [3.8, 4) is 0 Å². The minimum atomic E-state index is -1.23. The number of hydrogen-bond donors (Lipinski definition) is 2. The summed E-state index contributed by atoms with van der Waals surface area (Å²) < 4.78 is 0. The third-order valence-corrected chi connectivity index (χ3v) is 2.44. The topological polar surface area (TPSA) is 74.6 Å². The van der Waals surface area contributed by atoms with Crippen molar-refractivity contribution in [2.24, 2.45) is 5.92 Å². The molecule has 0 aliphatic heterocycles. The van der Waals surface area contributed by atoms with E-state index < -0.39 is 17.9 Å². The van der Waals surface area contributed by atoms with Crippen molar-refractivity contribution in [1.29, 1.82) is 0 Å². The number of unbranched alkanes of at least 4 members (excludes halogenated alkanes) is 5. The largest absolute Gasteiger partial charge is 0.481 e. The summed E-state index contributed by atoms with van der Waals surface area (Å²) in [6, 6.07) is 0. The zero-order valence-corrected chi connectivity index (χ0v) is 11.7. The van der Waals surface area contributed by atoms with Gasteiger partial charge in [-0.1, -0.05) is 45.4 Å². The summed E-state index contributed by atoms with van der Waals surface area (Å²) in [7, 11) is 0. The molecule has 0 saturated carbocycles. The lowest BCUT2D eigenvalue weighted by Gasteiger charge is -2.06. The molecule has 0 unspecified atom stereocenters. The standard InChI is InChI=1S/C11H20O4.2ClH/c1-2-3-4-5-6-7-8-9(10(12)13)11(14)15;;/h9H,2-8H2,1H3,(H,12,13)(H,14,15);2*1H. The van der Waals surface area contributed by atoms with Crippen LogP contribution in [-0.4, -0.2) is 22.2 Å². The van der Waals surface area contributed by atoms with Gasteiger partial charge in [-0.15, -0.1) is 24.8 Å². The Balaban J connectivity index is -0.000000980. The molecule has 2 N–H and O–H groups in total. The second kappa shape index (κ2) is 13.6. The summed E-state index contributed by atoms with van der Waals surface area (Å²) in [5, 5.41) is 17.2. The highest BCUT2D eigenvalue weighted by Gasteiger charge is 2.24. The first-order valence-electron chi connectivity index (χ1n) is 5.55. The van der Waals surface area contributed by atoms with Crippen molar-refractivity contribution < 1.29 is 19.8 Å². The van der Waals surface area contributed by atoms with Crippen LogP contribution in [0.5, 0.6) is 0 Å². The Morgan fingerprint density at radius 3 is 1.71 bits per heavy atom. The molecule has 0 aromatic carbocycles. The zero-order valence-electron chi connectivity index (χ0n) is 10.1. The van der Waals surface area contributed by atoms with Crippen LogP contribution in [0.1, 0.15) is 51.9 Å². The fourth-order valence-electron chi connectivity index (χ4n) is 1.48. The summed E-state index contributed by atoms with van der Waals surface area (Å²) in [5.74, 6) is -3.68. The second-order valence-corrected chi connectivity index (χ2v) is 3.79. The first-order chi connectivity index (χ1) is 7.09. The van der Waals surface area contributed by atoms with Crippen molar-refractivity contribution in [3.05, 3.63) is 0 Å². The van der Waals surface area contributed by atoms with E-state index >= 15 is 0 Å². The molecule has 0 radical (unpaired) electrons. The number of hydrogen-bond acceptors (Lipinski definition) is 2. The van der Waals surface area contributed by atoms with Crippen molar-refractivity contribution in [2.45, 2.75) is 51.9 Å². The molecular weight excluding hydrogens is 267 g/mol. The number of halogens is 2. The minimum Gasteiger partial charge on any atom is -0.481 e. The molecule has 0 atom stereocenters. The Hall–Kier alpha value is -0.480. The number of carbonyl (C=O) groups is 2. The molecule has 0 amide bonds. The fourth-order valence-corrected chi connectivity index (χ4v) is 1.48. The van der Waals surface area contributed by atoms with Crippen LogP contribution in [0.15, 0.2) is 0 Å². The van der Waals surface area contributed by atoms with Gasteiger partial charge in [-0.25, -0.2) is 0 Å². The van der Waals surface area contributed by atoms with Crippen LogP contribution in [-0.2, 0) is 9.59 Å². The Bertz CT molecular complexity index is 196. The number of aliphatic carboxylic acids is 2. The van der Waals surface area contributed by atoms with E-state index in [-0.39, 0.29) is 31.2 Å². The van der Waals surface area contributed by atoms with E-state index in [0.29, 0.717) is 6.42 Å². The van der Waals surface area contributed by atoms with E-state index in [1.807, 2.05) is 0 Å². The van der Waals surface area contributed by atoms with Crippen molar-refractivity contribution in [3.63, 3.8) is 0 Å². The average molecular weight is 289 g/mol. The van der Waals surface area contributed by atoms with Crippen molar-refractivity contribution >= 4 is 36.8 Å². The smallest absolute Gasteiger partial charge is 0.317 e. The Morgan fingerprint density at radius 1 is 0.882 bits per heavy atom. The summed E-state index contributed by atoms with van der Waals surface area (Å²) >= 11 is 0. The monoisotopic (exact) mass is 288 g/mol. The maximum Gasteiger partial charge on any atom is 0.317 e. The van der Waals surface area contributed by atoms with E-state index in [1.165, 1.54) is 12.8 Å². The van der Waals surface area contributed by atoms with Crippen LogP contribution in [0.3, 0.4) is 0 Å². The molecular formula is C11H22Cl2O4. The summed E-state index contributed by atoms with van der Waals surface area (Å²) in [4.78, 5) is 21.1. The van der Waals surface area contributed by atoms with Crippen molar-refractivity contribution in [1.82, 2.24) is 0 Å². The molecule has 0 aliphatic rings. The highest BCUT2D eigenvalue weighted by molar-refractivity contribution is 5.92. The Kier molecular flexibility index (Phi) is 17.4. The van der Waals surface area contributed by atoms with Gasteiger partial charge in [0.25, 0.3) is 0 Å². The quantitative estimate of drug-likeness (QED) is 0.504. The summed E-state index contributed by atoms with van der Waals surface area (Å²) in [6.07, 6.45) is 6.45. The van der Waals surface area contributed by atoms with Crippen LogP contribution >= 0.6 is 24.8 Å². The first kappa shape index (κ1) is 21.8. The van der Waals surface area contributed by atoms with Gasteiger partial charge in [0.1, 0.15) is 0 Å².